The van der Waals surface area contributed by atoms with Crippen LogP contribution in [0, 0.1) is 5.82 Å². The Hall–Kier alpha value is -2.32. The van der Waals surface area contributed by atoms with Gasteiger partial charge in [-0.1, -0.05) is 30.3 Å². The van der Waals surface area contributed by atoms with Gasteiger partial charge in [-0.15, -0.1) is 11.3 Å². The van der Waals surface area contributed by atoms with Crippen LogP contribution in [0.4, 0.5) is 9.52 Å². The zero-order valence-electron chi connectivity index (χ0n) is 20.0. The number of anilines is 1. The van der Waals surface area contributed by atoms with Crippen molar-refractivity contribution in [3.8, 4) is 0 Å². The number of piperazine rings is 1. The number of thiazole rings is 1. The molecule has 0 bridgehead atoms. The van der Waals surface area contributed by atoms with Crippen LogP contribution >= 0.6 is 11.3 Å². The van der Waals surface area contributed by atoms with Crippen molar-refractivity contribution in [2.45, 2.75) is 31.6 Å². The summed E-state index contributed by atoms with van der Waals surface area (Å²) in [6.45, 7) is 6.65. The summed E-state index contributed by atoms with van der Waals surface area (Å²) in [7, 11) is 4.19. The maximum atomic E-state index is 13.7. The molecule has 0 aliphatic carbocycles. The second kappa shape index (κ2) is 10.1. The lowest BCUT2D eigenvalue weighted by atomic mass is 9.81. The summed E-state index contributed by atoms with van der Waals surface area (Å²) in [6, 6.07) is 13.7. The second-order valence-electron chi connectivity index (χ2n) is 9.60. The molecule has 1 unspecified atom stereocenters. The Morgan fingerprint density at radius 1 is 1.09 bits per heavy atom. The SMILES string of the molecule is CN(C)CCCC1(c2ccc(F)cc2)OCc2cc(CN3CCN(c4nccs4)CC3)ccc21. The van der Waals surface area contributed by atoms with Gasteiger partial charge in [0, 0.05) is 44.3 Å². The average molecular weight is 481 g/mol. The Labute approximate surface area is 205 Å². The Balaban J connectivity index is 1.31. The van der Waals surface area contributed by atoms with Gasteiger partial charge in [-0.05, 0) is 67.9 Å². The quantitative estimate of drug-likeness (QED) is 0.466. The lowest BCUT2D eigenvalue weighted by Gasteiger charge is -2.34. The number of benzene rings is 2. The topological polar surface area (TPSA) is 31.8 Å². The molecule has 5 nitrogen and oxygen atoms in total. The summed E-state index contributed by atoms with van der Waals surface area (Å²) >= 11 is 1.71. The van der Waals surface area contributed by atoms with E-state index in [1.165, 1.54) is 16.7 Å². The van der Waals surface area contributed by atoms with Crippen LogP contribution in [-0.2, 0) is 23.5 Å². The largest absolute Gasteiger partial charge is 0.361 e. The molecular formula is C27H33FN4OS. The van der Waals surface area contributed by atoms with Crippen LogP contribution in [0.3, 0.4) is 0 Å². The van der Waals surface area contributed by atoms with E-state index in [0.29, 0.717) is 6.61 Å². The molecule has 0 amide bonds. The Morgan fingerprint density at radius 3 is 2.59 bits per heavy atom. The molecule has 1 atom stereocenters. The number of ether oxygens (including phenoxy) is 1. The van der Waals surface area contributed by atoms with Gasteiger partial charge in [0.05, 0.1) is 6.61 Å². The van der Waals surface area contributed by atoms with E-state index in [4.69, 9.17) is 4.74 Å². The van der Waals surface area contributed by atoms with Gasteiger partial charge in [0.2, 0.25) is 0 Å². The molecule has 3 aromatic rings. The van der Waals surface area contributed by atoms with Gasteiger partial charge in [-0.25, -0.2) is 9.37 Å². The first kappa shape index (κ1) is 23.4. The van der Waals surface area contributed by atoms with Gasteiger partial charge < -0.3 is 14.5 Å². The summed E-state index contributed by atoms with van der Waals surface area (Å²) in [5, 5.41) is 3.17. The van der Waals surface area contributed by atoms with Crippen LogP contribution in [0.2, 0.25) is 0 Å². The van der Waals surface area contributed by atoms with E-state index >= 15 is 0 Å². The number of aromatic nitrogens is 1. The number of fused-ring (bicyclic) bond motifs is 1. The first-order valence-corrected chi connectivity index (χ1v) is 13.0. The molecule has 0 radical (unpaired) electrons. The fourth-order valence-corrected chi connectivity index (χ4v) is 5.92. The molecule has 2 aliphatic heterocycles. The van der Waals surface area contributed by atoms with Crippen LogP contribution < -0.4 is 4.90 Å². The summed E-state index contributed by atoms with van der Waals surface area (Å²) in [6.07, 6.45) is 3.77. The van der Waals surface area contributed by atoms with Crippen LogP contribution in [0.5, 0.6) is 0 Å². The van der Waals surface area contributed by atoms with Crippen molar-refractivity contribution >= 4 is 16.5 Å². The van der Waals surface area contributed by atoms with Crippen molar-refractivity contribution in [1.82, 2.24) is 14.8 Å². The third kappa shape index (κ3) is 4.89. The van der Waals surface area contributed by atoms with Gasteiger partial charge in [0.15, 0.2) is 5.13 Å². The van der Waals surface area contributed by atoms with E-state index in [1.807, 2.05) is 23.7 Å². The third-order valence-electron chi connectivity index (χ3n) is 6.99. The first-order valence-electron chi connectivity index (χ1n) is 12.1. The van der Waals surface area contributed by atoms with E-state index in [9.17, 15) is 4.39 Å². The predicted octanol–water partition coefficient (Wildman–Crippen LogP) is 4.72. The molecule has 0 saturated carbocycles. The number of hydrogen-bond donors (Lipinski definition) is 0. The number of hydrogen-bond acceptors (Lipinski definition) is 6. The molecule has 2 aliphatic rings. The molecule has 180 valence electrons. The fourth-order valence-electron chi connectivity index (χ4n) is 5.22. The Kier molecular flexibility index (Phi) is 6.97. The highest BCUT2D eigenvalue weighted by Crippen LogP contribution is 2.45. The molecule has 0 spiro atoms. The van der Waals surface area contributed by atoms with E-state index < -0.39 is 5.60 Å². The summed E-state index contributed by atoms with van der Waals surface area (Å²) in [4.78, 5) is 11.5. The summed E-state index contributed by atoms with van der Waals surface area (Å²) < 4.78 is 20.2. The zero-order valence-corrected chi connectivity index (χ0v) is 20.9. The maximum absolute atomic E-state index is 13.7. The van der Waals surface area contributed by atoms with Crippen LogP contribution in [0.25, 0.3) is 0 Å². The molecular weight excluding hydrogens is 447 g/mol. The third-order valence-corrected chi connectivity index (χ3v) is 7.82. The van der Waals surface area contributed by atoms with Crippen molar-refractivity contribution in [3.05, 3.63) is 82.1 Å². The fraction of sp³-hybridized carbons (Fsp3) is 0.444. The van der Waals surface area contributed by atoms with E-state index in [-0.39, 0.29) is 5.82 Å². The van der Waals surface area contributed by atoms with Crippen molar-refractivity contribution in [2.75, 3.05) is 51.7 Å². The zero-order chi connectivity index (χ0) is 23.5. The van der Waals surface area contributed by atoms with Crippen molar-refractivity contribution < 1.29 is 9.13 Å². The lowest BCUT2D eigenvalue weighted by molar-refractivity contribution is -0.0140. The predicted molar refractivity (Wildman–Crippen MR) is 136 cm³/mol. The van der Waals surface area contributed by atoms with Gasteiger partial charge >= 0.3 is 0 Å². The number of nitrogens with zero attached hydrogens (tertiary/aromatic N) is 4. The van der Waals surface area contributed by atoms with Crippen molar-refractivity contribution in [3.63, 3.8) is 0 Å². The smallest absolute Gasteiger partial charge is 0.185 e. The molecule has 2 aromatic carbocycles. The van der Waals surface area contributed by atoms with E-state index in [2.05, 4.69) is 52.0 Å². The molecule has 0 N–H and O–H groups in total. The van der Waals surface area contributed by atoms with Gasteiger partial charge in [-0.2, -0.15) is 0 Å². The van der Waals surface area contributed by atoms with Gasteiger partial charge in [0.1, 0.15) is 11.4 Å². The molecule has 1 aromatic heterocycles. The monoisotopic (exact) mass is 480 g/mol. The molecule has 3 heterocycles. The summed E-state index contributed by atoms with van der Waals surface area (Å²) in [5.41, 5.74) is 4.35. The Bertz CT molecular complexity index is 1080. The highest BCUT2D eigenvalue weighted by molar-refractivity contribution is 7.13. The van der Waals surface area contributed by atoms with Crippen LogP contribution in [0.1, 0.15) is 35.1 Å². The van der Waals surface area contributed by atoms with Crippen LogP contribution in [0.15, 0.2) is 54.0 Å². The van der Waals surface area contributed by atoms with Crippen LogP contribution in [-0.4, -0.2) is 61.6 Å². The van der Waals surface area contributed by atoms with Gasteiger partial charge in [0.25, 0.3) is 0 Å². The standard InChI is InChI=1S/C27H33FN4OS/c1-30(2)12-3-10-27(23-5-7-24(28)8-6-23)25-9-4-21(18-22(25)20-33-27)19-31-13-15-32(16-14-31)26-29-11-17-34-26/h4-9,11,17-18H,3,10,12-16,19-20H2,1-2H3. The molecule has 34 heavy (non-hydrogen) atoms. The molecule has 7 heteroatoms. The van der Waals surface area contributed by atoms with E-state index in [1.54, 1.807) is 23.5 Å². The Morgan fingerprint density at radius 2 is 1.88 bits per heavy atom. The average Bonchev–Trinajstić information content (AvgIpc) is 3.49. The molecule has 5 rings (SSSR count). The minimum absolute atomic E-state index is 0.212. The minimum atomic E-state index is -0.503. The van der Waals surface area contributed by atoms with Gasteiger partial charge in [-0.3, -0.25) is 4.90 Å². The summed E-state index contributed by atoms with van der Waals surface area (Å²) in [5.74, 6) is -0.212. The van der Waals surface area contributed by atoms with E-state index in [0.717, 1.165) is 62.8 Å². The number of halogens is 1. The normalized spacial score (nSPS) is 20.8. The molecule has 1 fully saturated rings. The van der Waals surface area contributed by atoms with Crippen molar-refractivity contribution in [1.29, 1.82) is 0 Å². The molecule has 1 saturated heterocycles. The number of rotatable bonds is 8. The minimum Gasteiger partial charge on any atom is -0.361 e. The lowest BCUT2D eigenvalue weighted by Crippen LogP contribution is -2.45. The maximum Gasteiger partial charge on any atom is 0.185 e. The first-order chi connectivity index (χ1) is 16.5. The second-order valence-corrected chi connectivity index (χ2v) is 10.5. The highest BCUT2D eigenvalue weighted by Gasteiger charge is 2.41. The highest BCUT2D eigenvalue weighted by atomic mass is 32.1. The van der Waals surface area contributed by atoms with Crippen molar-refractivity contribution in [2.24, 2.45) is 0 Å².